The lowest BCUT2D eigenvalue weighted by molar-refractivity contribution is -0.161. The van der Waals surface area contributed by atoms with Gasteiger partial charge in [-0.2, -0.15) is 0 Å². The van der Waals surface area contributed by atoms with Crippen LogP contribution in [0.5, 0.6) is 0 Å². The molecule has 0 aromatic rings. The number of rotatable bonds is 32. The maximum Gasteiger partial charge on any atom is 0.472 e. The molecule has 260 valence electrons. The van der Waals surface area contributed by atoms with Crippen LogP contribution < -0.4 is 0 Å². The summed E-state index contributed by atoms with van der Waals surface area (Å²) in [5.74, 6) is -0.941. The van der Waals surface area contributed by atoms with Crippen molar-refractivity contribution in [2.75, 3.05) is 26.4 Å². The van der Waals surface area contributed by atoms with Crippen LogP contribution >= 0.6 is 7.82 Å². The summed E-state index contributed by atoms with van der Waals surface area (Å²) in [6, 6.07) is 0. The normalized spacial score (nSPS) is 14.4. The molecule has 1 unspecified atom stereocenters. The summed E-state index contributed by atoms with van der Waals surface area (Å²) in [6.07, 6.45) is 23.5. The number of aliphatic hydroxyl groups excluding tert-OH is 2. The van der Waals surface area contributed by atoms with Crippen molar-refractivity contribution in [1.29, 1.82) is 0 Å². The van der Waals surface area contributed by atoms with Crippen LogP contribution in [-0.2, 0) is 32.7 Å². The minimum absolute atomic E-state index is 0.184. The molecule has 0 aliphatic rings. The summed E-state index contributed by atoms with van der Waals surface area (Å²) < 4.78 is 32.3. The molecule has 0 aliphatic carbocycles. The SMILES string of the molecule is CCCCCCC/C=C/CCCCCCCC(=O)OC[C@@H](COP(=O)(O)OC[C@H](O)CO)OC(=O)CCCCCCCCC. The lowest BCUT2D eigenvalue weighted by Gasteiger charge is -2.20. The third-order valence-corrected chi connectivity index (χ3v) is 8.12. The zero-order chi connectivity index (χ0) is 32.7. The number of hydrogen-bond donors (Lipinski definition) is 3. The van der Waals surface area contributed by atoms with E-state index in [1.807, 2.05) is 0 Å². The Hall–Kier alpha value is -1.29. The first-order valence-electron chi connectivity index (χ1n) is 17.1. The van der Waals surface area contributed by atoms with Gasteiger partial charge in [0.05, 0.1) is 19.8 Å². The molecule has 0 saturated heterocycles. The van der Waals surface area contributed by atoms with Crippen LogP contribution in [0.2, 0.25) is 0 Å². The number of allylic oxidation sites excluding steroid dienone is 2. The summed E-state index contributed by atoms with van der Waals surface area (Å²) >= 11 is 0. The second kappa shape index (κ2) is 30.4. The molecule has 0 aliphatic heterocycles. The zero-order valence-electron chi connectivity index (χ0n) is 27.6. The Labute approximate surface area is 266 Å². The lowest BCUT2D eigenvalue weighted by Crippen LogP contribution is -2.29. The Morgan fingerprint density at radius 3 is 1.64 bits per heavy atom. The van der Waals surface area contributed by atoms with Crippen molar-refractivity contribution >= 4 is 19.8 Å². The van der Waals surface area contributed by atoms with E-state index in [1.165, 1.54) is 57.8 Å². The number of phosphoric acid groups is 1. The van der Waals surface area contributed by atoms with Gasteiger partial charge in [-0.05, 0) is 38.5 Å². The quantitative estimate of drug-likeness (QED) is 0.0286. The van der Waals surface area contributed by atoms with Crippen LogP contribution in [0.3, 0.4) is 0 Å². The molecule has 0 aromatic carbocycles. The molecule has 10 nitrogen and oxygen atoms in total. The summed E-state index contributed by atoms with van der Waals surface area (Å²) in [4.78, 5) is 34.5. The van der Waals surface area contributed by atoms with Gasteiger partial charge in [-0.3, -0.25) is 18.6 Å². The predicted octanol–water partition coefficient (Wildman–Crippen LogP) is 7.72. The summed E-state index contributed by atoms with van der Waals surface area (Å²) in [6.45, 7) is 2.28. The van der Waals surface area contributed by atoms with E-state index in [2.05, 4.69) is 30.5 Å². The molecule has 0 rings (SSSR count). The topological polar surface area (TPSA) is 149 Å². The standard InChI is InChI=1S/C33H63O10P/c1-3-5-7-9-11-12-13-14-15-16-17-19-20-22-24-32(36)40-28-31(29-42-44(38,39)41-27-30(35)26-34)43-33(37)25-23-21-18-10-8-6-4-2/h13-14,30-31,34-35H,3-12,15-29H2,1-2H3,(H,38,39)/b14-13+/t30-,31+/m1/s1. The molecule has 11 heteroatoms. The third kappa shape index (κ3) is 29.4. The molecule has 0 aromatic heterocycles. The van der Waals surface area contributed by atoms with Gasteiger partial charge in [0.2, 0.25) is 0 Å². The van der Waals surface area contributed by atoms with E-state index in [0.29, 0.717) is 12.8 Å². The van der Waals surface area contributed by atoms with Crippen LogP contribution in [0, 0.1) is 0 Å². The molecule has 0 spiro atoms. The van der Waals surface area contributed by atoms with Crippen molar-refractivity contribution in [3.8, 4) is 0 Å². The average Bonchev–Trinajstić information content (AvgIpc) is 3.00. The van der Waals surface area contributed by atoms with E-state index >= 15 is 0 Å². The van der Waals surface area contributed by atoms with E-state index in [4.69, 9.17) is 19.1 Å². The minimum atomic E-state index is -4.60. The Morgan fingerprint density at radius 1 is 0.659 bits per heavy atom. The first-order chi connectivity index (χ1) is 21.2. The molecule has 0 heterocycles. The first-order valence-corrected chi connectivity index (χ1v) is 18.6. The fraction of sp³-hybridized carbons (Fsp3) is 0.879. The zero-order valence-corrected chi connectivity index (χ0v) is 28.5. The molecular weight excluding hydrogens is 587 g/mol. The fourth-order valence-electron chi connectivity index (χ4n) is 4.46. The van der Waals surface area contributed by atoms with Gasteiger partial charge in [-0.25, -0.2) is 4.57 Å². The Morgan fingerprint density at radius 2 is 1.11 bits per heavy atom. The highest BCUT2D eigenvalue weighted by molar-refractivity contribution is 7.47. The Kier molecular flexibility index (Phi) is 29.5. The van der Waals surface area contributed by atoms with Gasteiger partial charge in [0.25, 0.3) is 0 Å². The molecule has 44 heavy (non-hydrogen) atoms. The van der Waals surface area contributed by atoms with Crippen molar-refractivity contribution in [2.24, 2.45) is 0 Å². The van der Waals surface area contributed by atoms with Gasteiger partial charge >= 0.3 is 19.8 Å². The monoisotopic (exact) mass is 650 g/mol. The van der Waals surface area contributed by atoms with E-state index in [1.54, 1.807) is 0 Å². The Balaban J connectivity index is 4.36. The van der Waals surface area contributed by atoms with Crippen molar-refractivity contribution in [3.05, 3.63) is 12.2 Å². The minimum Gasteiger partial charge on any atom is -0.462 e. The number of unbranched alkanes of at least 4 members (excludes halogenated alkanes) is 16. The molecule has 0 radical (unpaired) electrons. The maximum atomic E-state index is 12.4. The Bertz CT molecular complexity index is 761. The fourth-order valence-corrected chi connectivity index (χ4v) is 5.25. The number of carbonyl (C=O) groups is 2. The van der Waals surface area contributed by atoms with Crippen molar-refractivity contribution in [1.82, 2.24) is 0 Å². The van der Waals surface area contributed by atoms with Crippen molar-refractivity contribution in [3.63, 3.8) is 0 Å². The van der Waals surface area contributed by atoms with Gasteiger partial charge < -0.3 is 24.6 Å². The lowest BCUT2D eigenvalue weighted by atomic mass is 10.1. The highest BCUT2D eigenvalue weighted by Gasteiger charge is 2.27. The largest absolute Gasteiger partial charge is 0.472 e. The summed E-state index contributed by atoms with van der Waals surface area (Å²) in [5, 5.41) is 18.2. The summed E-state index contributed by atoms with van der Waals surface area (Å²) in [5.41, 5.74) is 0. The van der Waals surface area contributed by atoms with Crippen LogP contribution in [0.25, 0.3) is 0 Å². The molecule has 0 saturated carbocycles. The maximum absolute atomic E-state index is 12.4. The van der Waals surface area contributed by atoms with Gasteiger partial charge in [0, 0.05) is 12.8 Å². The van der Waals surface area contributed by atoms with E-state index in [-0.39, 0.29) is 19.4 Å². The van der Waals surface area contributed by atoms with Crippen molar-refractivity contribution < 1.29 is 47.8 Å². The van der Waals surface area contributed by atoms with E-state index in [0.717, 1.165) is 51.4 Å². The second-order valence-electron chi connectivity index (χ2n) is 11.5. The second-order valence-corrected chi connectivity index (χ2v) is 13.0. The molecule has 0 fully saturated rings. The number of hydrogen-bond acceptors (Lipinski definition) is 9. The predicted molar refractivity (Wildman–Crippen MR) is 173 cm³/mol. The van der Waals surface area contributed by atoms with Gasteiger partial charge in [0.15, 0.2) is 6.10 Å². The van der Waals surface area contributed by atoms with E-state index in [9.17, 15) is 24.2 Å². The number of phosphoric ester groups is 1. The first kappa shape index (κ1) is 42.7. The van der Waals surface area contributed by atoms with E-state index < -0.39 is 51.8 Å². The van der Waals surface area contributed by atoms with Gasteiger partial charge in [-0.1, -0.05) is 109 Å². The molecule has 3 N–H and O–H groups in total. The van der Waals surface area contributed by atoms with Crippen molar-refractivity contribution in [2.45, 2.75) is 161 Å². The molecule has 3 atom stereocenters. The average molecular weight is 651 g/mol. The number of carbonyl (C=O) groups excluding carboxylic acids is 2. The number of esters is 2. The van der Waals surface area contributed by atoms with Crippen LogP contribution in [0.4, 0.5) is 0 Å². The molecule has 0 bridgehead atoms. The highest BCUT2D eigenvalue weighted by Crippen LogP contribution is 2.43. The van der Waals surface area contributed by atoms with Crippen LogP contribution in [0.15, 0.2) is 12.2 Å². The smallest absolute Gasteiger partial charge is 0.462 e. The highest BCUT2D eigenvalue weighted by atomic mass is 31.2. The third-order valence-electron chi connectivity index (χ3n) is 7.17. The summed E-state index contributed by atoms with van der Waals surface area (Å²) in [7, 11) is -4.60. The number of aliphatic hydroxyl groups is 2. The van der Waals surface area contributed by atoms with Gasteiger partial charge in [-0.15, -0.1) is 0 Å². The molecule has 0 amide bonds. The molecular formula is C33H63O10P. The number of ether oxygens (including phenoxy) is 2. The van der Waals surface area contributed by atoms with Crippen LogP contribution in [0.1, 0.15) is 149 Å². The van der Waals surface area contributed by atoms with Gasteiger partial charge in [0.1, 0.15) is 12.7 Å². The van der Waals surface area contributed by atoms with Crippen LogP contribution in [-0.4, -0.2) is 65.7 Å².